The molecule has 1 heterocycles. The fourth-order valence-corrected chi connectivity index (χ4v) is 3.62. The number of carbonyl (C=O) groups is 1. The predicted octanol–water partition coefficient (Wildman–Crippen LogP) is 5.78. The number of rotatable bonds is 8. The zero-order valence-electron chi connectivity index (χ0n) is 15.3. The molecule has 0 bridgehead atoms. The quantitative estimate of drug-likeness (QED) is 0.483. The van der Waals surface area contributed by atoms with Crippen LogP contribution in [0.25, 0.3) is 10.2 Å². The largest absolute Gasteiger partial charge is 0.490 e. The van der Waals surface area contributed by atoms with Crippen molar-refractivity contribution in [2.24, 2.45) is 0 Å². The molecule has 1 amide bonds. The molecule has 0 atom stereocenters. The molecule has 142 valence electrons. The van der Waals surface area contributed by atoms with Gasteiger partial charge in [0.25, 0.3) is 5.91 Å². The molecule has 1 N–H and O–H groups in total. The first-order valence-corrected chi connectivity index (χ1v) is 10.1. The Hall–Kier alpha value is -2.31. The lowest BCUT2D eigenvalue weighted by Gasteiger charge is -2.13. The summed E-state index contributed by atoms with van der Waals surface area (Å²) in [6, 6.07) is 10.6. The van der Waals surface area contributed by atoms with Crippen molar-refractivity contribution in [3.63, 3.8) is 0 Å². The number of carbonyl (C=O) groups excluding carboxylic acids is 1. The van der Waals surface area contributed by atoms with Gasteiger partial charge in [-0.2, -0.15) is 0 Å². The summed E-state index contributed by atoms with van der Waals surface area (Å²) in [6.07, 6.45) is 2.02. The van der Waals surface area contributed by atoms with Gasteiger partial charge in [-0.1, -0.05) is 36.3 Å². The second kappa shape index (κ2) is 9.06. The highest BCUT2D eigenvalue weighted by Gasteiger charge is 2.14. The Labute approximate surface area is 167 Å². The van der Waals surface area contributed by atoms with Crippen LogP contribution in [-0.4, -0.2) is 24.1 Å². The SMILES string of the molecule is CCCCOc1ccc(C(=O)Nc2nc3ccc(Cl)cc3s2)cc1OCC. The van der Waals surface area contributed by atoms with E-state index in [2.05, 4.69) is 17.2 Å². The van der Waals surface area contributed by atoms with Crippen molar-refractivity contribution in [2.45, 2.75) is 26.7 Å². The molecule has 5 nitrogen and oxygen atoms in total. The number of thiazole rings is 1. The minimum Gasteiger partial charge on any atom is -0.490 e. The fourth-order valence-electron chi connectivity index (χ4n) is 2.48. The third kappa shape index (κ3) is 4.90. The van der Waals surface area contributed by atoms with Crippen LogP contribution in [0.5, 0.6) is 11.5 Å². The Kier molecular flexibility index (Phi) is 6.53. The molecule has 7 heteroatoms. The van der Waals surface area contributed by atoms with Crippen LogP contribution in [0.2, 0.25) is 5.02 Å². The van der Waals surface area contributed by atoms with E-state index >= 15 is 0 Å². The van der Waals surface area contributed by atoms with E-state index in [0.29, 0.717) is 40.4 Å². The molecule has 0 unspecified atom stereocenters. The smallest absolute Gasteiger partial charge is 0.257 e. The maximum Gasteiger partial charge on any atom is 0.257 e. The summed E-state index contributed by atoms with van der Waals surface area (Å²) in [5, 5.41) is 4.01. The molecule has 0 spiro atoms. The van der Waals surface area contributed by atoms with Gasteiger partial charge in [0.05, 0.1) is 23.4 Å². The number of hydrogen-bond donors (Lipinski definition) is 1. The number of unbranched alkanes of at least 4 members (excludes halogenated alkanes) is 1. The normalized spacial score (nSPS) is 10.8. The molecular formula is C20H21ClN2O3S. The van der Waals surface area contributed by atoms with E-state index in [1.54, 1.807) is 24.3 Å². The number of hydrogen-bond acceptors (Lipinski definition) is 5. The van der Waals surface area contributed by atoms with Crippen LogP contribution in [0.4, 0.5) is 5.13 Å². The van der Waals surface area contributed by atoms with Gasteiger partial charge >= 0.3 is 0 Å². The van der Waals surface area contributed by atoms with Gasteiger partial charge < -0.3 is 9.47 Å². The molecule has 27 heavy (non-hydrogen) atoms. The van der Waals surface area contributed by atoms with Gasteiger partial charge in [-0.15, -0.1) is 0 Å². The topological polar surface area (TPSA) is 60.5 Å². The molecule has 0 aliphatic carbocycles. The molecule has 2 aromatic carbocycles. The summed E-state index contributed by atoms with van der Waals surface area (Å²) in [6.45, 7) is 5.12. The third-order valence-electron chi connectivity index (χ3n) is 3.83. The number of ether oxygens (including phenoxy) is 2. The molecule has 3 rings (SSSR count). The predicted molar refractivity (Wildman–Crippen MR) is 111 cm³/mol. The van der Waals surface area contributed by atoms with E-state index < -0.39 is 0 Å². The minimum absolute atomic E-state index is 0.249. The van der Waals surface area contributed by atoms with Gasteiger partial charge in [0, 0.05) is 10.6 Å². The number of amides is 1. The standard InChI is InChI=1S/C20H21ClN2O3S/c1-3-5-10-26-16-9-6-13(11-17(16)25-4-2)19(24)23-20-22-15-8-7-14(21)12-18(15)27-20/h6-9,11-12H,3-5,10H2,1-2H3,(H,22,23,24). The average Bonchev–Trinajstić information content (AvgIpc) is 3.04. The van der Waals surface area contributed by atoms with Gasteiger partial charge in [0.1, 0.15) is 0 Å². The Morgan fingerprint density at radius 1 is 1.15 bits per heavy atom. The van der Waals surface area contributed by atoms with Crippen LogP contribution < -0.4 is 14.8 Å². The summed E-state index contributed by atoms with van der Waals surface area (Å²) in [7, 11) is 0. The lowest BCUT2D eigenvalue weighted by molar-refractivity contribution is 0.102. The van der Waals surface area contributed by atoms with Crippen LogP contribution in [0, 0.1) is 0 Å². The van der Waals surface area contributed by atoms with Gasteiger partial charge in [0.15, 0.2) is 16.6 Å². The second-order valence-electron chi connectivity index (χ2n) is 5.88. The fraction of sp³-hybridized carbons (Fsp3) is 0.300. The molecule has 0 aliphatic rings. The zero-order valence-corrected chi connectivity index (χ0v) is 16.8. The van der Waals surface area contributed by atoms with Crippen LogP contribution in [-0.2, 0) is 0 Å². The lowest BCUT2D eigenvalue weighted by Crippen LogP contribution is -2.12. The molecule has 0 aliphatic heterocycles. The van der Waals surface area contributed by atoms with E-state index in [0.717, 1.165) is 23.1 Å². The Morgan fingerprint density at radius 2 is 2.00 bits per heavy atom. The first-order chi connectivity index (χ1) is 13.1. The molecular weight excluding hydrogens is 384 g/mol. The van der Waals surface area contributed by atoms with Gasteiger partial charge in [-0.05, 0) is 49.7 Å². The van der Waals surface area contributed by atoms with Crippen molar-refractivity contribution in [1.29, 1.82) is 0 Å². The summed E-state index contributed by atoms with van der Waals surface area (Å²) >= 11 is 7.38. The second-order valence-corrected chi connectivity index (χ2v) is 7.35. The number of aromatic nitrogens is 1. The first kappa shape index (κ1) is 19.5. The van der Waals surface area contributed by atoms with Crippen molar-refractivity contribution in [3.8, 4) is 11.5 Å². The third-order valence-corrected chi connectivity index (χ3v) is 5.00. The maximum atomic E-state index is 12.6. The summed E-state index contributed by atoms with van der Waals surface area (Å²) in [4.78, 5) is 17.0. The van der Waals surface area contributed by atoms with Gasteiger partial charge in [-0.3, -0.25) is 10.1 Å². The van der Waals surface area contributed by atoms with Crippen molar-refractivity contribution >= 4 is 44.2 Å². The highest BCUT2D eigenvalue weighted by atomic mass is 35.5. The maximum absolute atomic E-state index is 12.6. The number of fused-ring (bicyclic) bond motifs is 1. The molecule has 3 aromatic rings. The number of benzene rings is 2. The molecule has 0 saturated heterocycles. The highest BCUT2D eigenvalue weighted by molar-refractivity contribution is 7.22. The minimum atomic E-state index is -0.249. The lowest BCUT2D eigenvalue weighted by atomic mass is 10.2. The summed E-state index contributed by atoms with van der Waals surface area (Å²) in [5.41, 5.74) is 1.29. The van der Waals surface area contributed by atoms with Crippen molar-refractivity contribution in [2.75, 3.05) is 18.5 Å². The molecule has 1 aromatic heterocycles. The Balaban J connectivity index is 1.77. The molecule has 0 radical (unpaired) electrons. The number of halogens is 1. The molecule has 0 fully saturated rings. The zero-order chi connectivity index (χ0) is 19.2. The van der Waals surface area contributed by atoms with Crippen molar-refractivity contribution in [1.82, 2.24) is 4.98 Å². The van der Waals surface area contributed by atoms with E-state index in [1.165, 1.54) is 11.3 Å². The van der Waals surface area contributed by atoms with Crippen molar-refractivity contribution in [3.05, 3.63) is 47.0 Å². The Bertz CT molecular complexity index is 942. The van der Waals surface area contributed by atoms with Gasteiger partial charge in [0.2, 0.25) is 0 Å². The first-order valence-electron chi connectivity index (χ1n) is 8.87. The average molecular weight is 405 g/mol. The summed E-state index contributed by atoms with van der Waals surface area (Å²) < 4.78 is 12.3. The number of anilines is 1. The van der Waals surface area contributed by atoms with Crippen LogP contribution in [0.1, 0.15) is 37.0 Å². The van der Waals surface area contributed by atoms with E-state index in [4.69, 9.17) is 21.1 Å². The monoisotopic (exact) mass is 404 g/mol. The van der Waals surface area contributed by atoms with E-state index in [9.17, 15) is 4.79 Å². The van der Waals surface area contributed by atoms with Crippen LogP contribution in [0.15, 0.2) is 36.4 Å². The van der Waals surface area contributed by atoms with Crippen LogP contribution in [0.3, 0.4) is 0 Å². The van der Waals surface area contributed by atoms with Crippen LogP contribution >= 0.6 is 22.9 Å². The van der Waals surface area contributed by atoms with E-state index in [1.807, 2.05) is 19.1 Å². The van der Waals surface area contributed by atoms with Gasteiger partial charge in [-0.25, -0.2) is 4.98 Å². The number of nitrogens with zero attached hydrogens (tertiary/aromatic N) is 1. The Morgan fingerprint density at radius 3 is 2.78 bits per heavy atom. The number of nitrogens with one attached hydrogen (secondary N) is 1. The summed E-state index contributed by atoms with van der Waals surface area (Å²) in [5.74, 6) is 0.968. The highest BCUT2D eigenvalue weighted by Crippen LogP contribution is 2.31. The molecule has 0 saturated carbocycles. The van der Waals surface area contributed by atoms with Crippen molar-refractivity contribution < 1.29 is 14.3 Å². The van der Waals surface area contributed by atoms with E-state index in [-0.39, 0.29) is 5.91 Å².